The summed E-state index contributed by atoms with van der Waals surface area (Å²) in [4.78, 5) is 25.7. The summed E-state index contributed by atoms with van der Waals surface area (Å²) in [6.45, 7) is 3.63. The molecule has 2 aromatic heterocycles. The highest BCUT2D eigenvalue weighted by Gasteiger charge is 2.22. The van der Waals surface area contributed by atoms with E-state index in [1.807, 2.05) is 44.2 Å². The maximum Gasteiger partial charge on any atom is 0.297 e. The summed E-state index contributed by atoms with van der Waals surface area (Å²) >= 11 is 1.12. The molecule has 0 aliphatic heterocycles. The summed E-state index contributed by atoms with van der Waals surface area (Å²) in [5.41, 5.74) is 2.22. The fraction of sp³-hybridized carbons (Fsp3) is 0.227. The Bertz CT molecular complexity index is 1330. The first-order valence-electron chi connectivity index (χ1n) is 10.2. The molecule has 33 heavy (non-hydrogen) atoms. The van der Waals surface area contributed by atoms with Crippen LogP contribution in [0.1, 0.15) is 24.2 Å². The molecule has 170 valence electrons. The molecule has 9 nitrogen and oxygen atoms in total. The van der Waals surface area contributed by atoms with Gasteiger partial charge in [-0.1, -0.05) is 42.1 Å². The number of carbonyl (C=O) groups is 1. The molecule has 0 aliphatic carbocycles. The number of hydrogen-bond acceptors (Lipinski definition) is 6. The number of rotatable bonds is 7. The van der Waals surface area contributed by atoms with Crippen molar-refractivity contribution in [3.63, 3.8) is 0 Å². The molecule has 2 aromatic carbocycles. The molecule has 4 aromatic rings. The van der Waals surface area contributed by atoms with Crippen LogP contribution in [0, 0.1) is 12.7 Å². The van der Waals surface area contributed by atoms with Crippen LogP contribution in [0.4, 0.5) is 4.39 Å². The van der Waals surface area contributed by atoms with Crippen molar-refractivity contribution in [3.8, 4) is 11.4 Å². The van der Waals surface area contributed by atoms with E-state index in [2.05, 4.69) is 20.8 Å². The van der Waals surface area contributed by atoms with Crippen LogP contribution in [0.15, 0.2) is 64.5 Å². The average molecular weight is 468 g/mol. The molecule has 4 rings (SSSR count). The second-order valence-electron chi connectivity index (χ2n) is 7.41. The summed E-state index contributed by atoms with van der Waals surface area (Å²) in [5, 5.41) is 14.9. The quantitative estimate of drug-likeness (QED) is 0.420. The number of thioether (sulfide) groups is 1. The first-order chi connectivity index (χ1) is 15.9. The van der Waals surface area contributed by atoms with Gasteiger partial charge in [-0.25, -0.2) is 9.07 Å². The Balaban J connectivity index is 1.52. The second-order valence-corrected chi connectivity index (χ2v) is 8.36. The fourth-order valence-electron chi connectivity index (χ4n) is 3.46. The zero-order valence-electron chi connectivity index (χ0n) is 18.3. The minimum Gasteiger partial charge on any atom is -0.349 e. The molecule has 0 bridgehead atoms. The molecule has 0 saturated carbocycles. The van der Waals surface area contributed by atoms with Crippen molar-refractivity contribution in [1.82, 2.24) is 34.9 Å². The number of tetrazole rings is 1. The Morgan fingerprint density at radius 3 is 2.55 bits per heavy atom. The highest BCUT2D eigenvalue weighted by atomic mass is 32.2. The lowest BCUT2D eigenvalue weighted by atomic mass is 10.1. The van der Waals surface area contributed by atoms with Crippen LogP contribution in [-0.2, 0) is 11.8 Å². The third kappa shape index (κ3) is 4.58. The van der Waals surface area contributed by atoms with Crippen molar-refractivity contribution in [2.24, 2.45) is 7.05 Å². The summed E-state index contributed by atoms with van der Waals surface area (Å²) in [6.07, 6.45) is 0. The summed E-state index contributed by atoms with van der Waals surface area (Å²) in [6, 6.07) is 14.9. The lowest BCUT2D eigenvalue weighted by Crippen LogP contribution is -2.28. The number of amides is 1. The molecular weight excluding hydrogens is 445 g/mol. The molecule has 0 aliphatic rings. The number of carbonyl (C=O) groups excluding carboxylic acids is 1. The van der Waals surface area contributed by atoms with E-state index in [1.165, 1.54) is 21.5 Å². The lowest BCUT2D eigenvalue weighted by Gasteiger charge is -2.14. The van der Waals surface area contributed by atoms with Crippen LogP contribution in [0.2, 0.25) is 0 Å². The molecule has 2 heterocycles. The van der Waals surface area contributed by atoms with Gasteiger partial charge in [0, 0.05) is 7.05 Å². The summed E-state index contributed by atoms with van der Waals surface area (Å²) in [7, 11) is 1.79. The van der Waals surface area contributed by atoms with Gasteiger partial charge in [0.05, 0.1) is 23.2 Å². The zero-order valence-corrected chi connectivity index (χ0v) is 19.1. The molecule has 0 spiro atoms. The standard InChI is InChI=1S/C22H22FN7O2S/c1-14(16-9-11-17(23)12-10-16)24-19(31)13-33-22-25-26-27-29(22)20-15(2)28(3)30(21(20)32)18-7-5-4-6-8-18/h4-12,14H,13H2,1-3H3,(H,24,31). The Labute approximate surface area is 193 Å². The van der Waals surface area contributed by atoms with Gasteiger partial charge >= 0.3 is 0 Å². The summed E-state index contributed by atoms with van der Waals surface area (Å²) in [5.74, 6) is -0.523. The molecule has 1 N–H and O–H groups in total. The van der Waals surface area contributed by atoms with Gasteiger partial charge in [-0.3, -0.25) is 14.3 Å². The van der Waals surface area contributed by atoms with Gasteiger partial charge in [0.25, 0.3) is 5.56 Å². The number of aromatic nitrogens is 6. The smallest absolute Gasteiger partial charge is 0.297 e. The van der Waals surface area contributed by atoms with Gasteiger partial charge in [-0.2, -0.15) is 4.68 Å². The number of para-hydroxylation sites is 1. The number of halogens is 1. The maximum absolute atomic E-state index is 13.2. The molecule has 0 saturated heterocycles. The molecule has 1 amide bonds. The first-order valence-corrected chi connectivity index (χ1v) is 11.2. The highest BCUT2D eigenvalue weighted by Crippen LogP contribution is 2.20. The van der Waals surface area contributed by atoms with Gasteiger partial charge in [0.1, 0.15) is 5.82 Å². The van der Waals surface area contributed by atoms with Crippen molar-refractivity contribution in [2.45, 2.75) is 25.0 Å². The molecule has 0 fully saturated rings. The Morgan fingerprint density at radius 2 is 1.85 bits per heavy atom. The normalized spacial score (nSPS) is 12.0. The van der Waals surface area contributed by atoms with E-state index in [9.17, 15) is 14.0 Å². The topological polar surface area (TPSA) is 99.6 Å². The van der Waals surface area contributed by atoms with E-state index in [0.29, 0.717) is 16.5 Å². The zero-order chi connectivity index (χ0) is 23.5. The van der Waals surface area contributed by atoms with E-state index in [-0.39, 0.29) is 29.1 Å². The van der Waals surface area contributed by atoms with Crippen LogP contribution in [0.5, 0.6) is 0 Å². The third-order valence-electron chi connectivity index (χ3n) is 5.26. The Morgan fingerprint density at radius 1 is 1.15 bits per heavy atom. The molecular formula is C22H22FN7O2S. The van der Waals surface area contributed by atoms with Crippen LogP contribution in [0.25, 0.3) is 11.4 Å². The number of nitrogens with zero attached hydrogens (tertiary/aromatic N) is 6. The third-order valence-corrected chi connectivity index (χ3v) is 6.18. The maximum atomic E-state index is 13.2. The van der Waals surface area contributed by atoms with Crippen molar-refractivity contribution < 1.29 is 9.18 Å². The minimum absolute atomic E-state index is 0.0463. The number of hydrogen-bond donors (Lipinski definition) is 1. The average Bonchev–Trinajstić information content (AvgIpc) is 3.35. The van der Waals surface area contributed by atoms with Crippen LogP contribution < -0.4 is 10.9 Å². The predicted octanol–water partition coefficient (Wildman–Crippen LogP) is 2.57. The van der Waals surface area contributed by atoms with Gasteiger partial charge in [-0.15, -0.1) is 5.10 Å². The van der Waals surface area contributed by atoms with E-state index in [1.54, 1.807) is 23.9 Å². The van der Waals surface area contributed by atoms with E-state index < -0.39 is 0 Å². The molecule has 1 atom stereocenters. The summed E-state index contributed by atoms with van der Waals surface area (Å²) < 4.78 is 17.7. The van der Waals surface area contributed by atoms with Gasteiger partial charge in [-0.05, 0) is 54.1 Å². The second kappa shape index (κ2) is 9.41. The van der Waals surface area contributed by atoms with Crippen molar-refractivity contribution in [2.75, 3.05) is 5.75 Å². The first kappa shape index (κ1) is 22.5. The lowest BCUT2D eigenvalue weighted by molar-refractivity contribution is -0.119. The van der Waals surface area contributed by atoms with Crippen molar-refractivity contribution in [1.29, 1.82) is 0 Å². The SMILES string of the molecule is Cc1c(-n2nnnc2SCC(=O)NC(C)c2ccc(F)cc2)c(=O)n(-c2ccccc2)n1C. The van der Waals surface area contributed by atoms with Crippen molar-refractivity contribution in [3.05, 3.63) is 82.0 Å². The number of nitrogens with one attached hydrogen (secondary N) is 1. The van der Waals surface area contributed by atoms with E-state index in [4.69, 9.17) is 0 Å². The number of benzene rings is 2. The van der Waals surface area contributed by atoms with Gasteiger partial charge < -0.3 is 5.32 Å². The predicted molar refractivity (Wildman–Crippen MR) is 122 cm³/mol. The Hall–Kier alpha value is -3.73. The molecule has 1 unspecified atom stereocenters. The van der Waals surface area contributed by atoms with Gasteiger partial charge in [0.2, 0.25) is 11.1 Å². The Kier molecular flexibility index (Phi) is 6.40. The van der Waals surface area contributed by atoms with E-state index in [0.717, 1.165) is 23.0 Å². The van der Waals surface area contributed by atoms with Crippen molar-refractivity contribution >= 4 is 17.7 Å². The highest BCUT2D eigenvalue weighted by molar-refractivity contribution is 7.99. The van der Waals surface area contributed by atoms with Crippen LogP contribution in [0.3, 0.4) is 0 Å². The van der Waals surface area contributed by atoms with Crippen LogP contribution >= 0.6 is 11.8 Å². The minimum atomic E-state index is -0.331. The monoisotopic (exact) mass is 467 g/mol. The van der Waals surface area contributed by atoms with Gasteiger partial charge in [0.15, 0.2) is 5.69 Å². The molecule has 0 radical (unpaired) electrons. The van der Waals surface area contributed by atoms with Crippen LogP contribution in [-0.4, -0.2) is 41.2 Å². The fourth-order valence-corrected chi connectivity index (χ4v) is 4.14. The van der Waals surface area contributed by atoms with E-state index >= 15 is 0 Å². The molecule has 11 heteroatoms. The largest absolute Gasteiger partial charge is 0.349 e.